The molecule has 1 aromatic rings. The van der Waals surface area contributed by atoms with Gasteiger partial charge in [0.15, 0.2) is 11.5 Å². The highest BCUT2D eigenvalue weighted by atomic mass is 16.5. The van der Waals surface area contributed by atoms with Crippen LogP contribution in [-0.2, 0) is 0 Å². The summed E-state index contributed by atoms with van der Waals surface area (Å²) in [5.74, 6) is 0.488. The van der Waals surface area contributed by atoms with Gasteiger partial charge in [0.25, 0.3) is 0 Å². The van der Waals surface area contributed by atoms with Crippen LogP contribution < -0.4 is 4.74 Å². The smallest absolute Gasteiger partial charge is 0.160 e. The molecule has 17 heavy (non-hydrogen) atoms. The molecular formula is C13H18N2O2. The minimum atomic E-state index is -0.332. The first-order valence-corrected chi connectivity index (χ1v) is 5.68. The number of aromatic hydroxyl groups is 1. The van der Waals surface area contributed by atoms with Crippen LogP contribution in [0.2, 0.25) is 0 Å². The molecule has 0 fully saturated rings. The van der Waals surface area contributed by atoms with Crippen molar-refractivity contribution in [2.45, 2.75) is 19.9 Å². The number of hydrogen-bond donors (Lipinski definition) is 1. The summed E-state index contributed by atoms with van der Waals surface area (Å²) in [6.07, 6.45) is 0. The minimum Gasteiger partial charge on any atom is -0.504 e. The molecule has 1 aromatic carbocycles. The topological polar surface area (TPSA) is 56.5 Å². The summed E-state index contributed by atoms with van der Waals surface area (Å²) in [5, 5.41) is 18.9. The van der Waals surface area contributed by atoms with E-state index in [1.165, 1.54) is 7.11 Å². The van der Waals surface area contributed by atoms with Gasteiger partial charge in [-0.3, -0.25) is 4.90 Å². The molecule has 0 aromatic heterocycles. The van der Waals surface area contributed by atoms with Gasteiger partial charge in [-0.25, -0.2) is 0 Å². The van der Waals surface area contributed by atoms with Crippen LogP contribution in [0, 0.1) is 11.3 Å². The van der Waals surface area contributed by atoms with Crippen molar-refractivity contribution in [1.82, 2.24) is 4.90 Å². The molecule has 0 bridgehead atoms. The summed E-state index contributed by atoms with van der Waals surface area (Å²) in [7, 11) is 1.50. The van der Waals surface area contributed by atoms with Crippen molar-refractivity contribution in [2.24, 2.45) is 0 Å². The Kier molecular flexibility index (Phi) is 4.80. The largest absolute Gasteiger partial charge is 0.504 e. The van der Waals surface area contributed by atoms with E-state index >= 15 is 0 Å². The van der Waals surface area contributed by atoms with E-state index in [0.29, 0.717) is 5.75 Å². The van der Waals surface area contributed by atoms with Gasteiger partial charge >= 0.3 is 0 Å². The SMILES string of the molecule is CCN(CC)C(C#N)c1ccc(OC)c(O)c1. The third kappa shape index (κ3) is 2.89. The molecule has 1 N–H and O–H groups in total. The van der Waals surface area contributed by atoms with Gasteiger partial charge < -0.3 is 9.84 Å². The van der Waals surface area contributed by atoms with Crippen molar-refractivity contribution >= 4 is 0 Å². The summed E-state index contributed by atoms with van der Waals surface area (Å²) in [6.45, 7) is 5.61. The maximum absolute atomic E-state index is 9.71. The number of nitriles is 1. The van der Waals surface area contributed by atoms with Crippen molar-refractivity contribution < 1.29 is 9.84 Å². The number of hydrogen-bond acceptors (Lipinski definition) is 4. The van der Waals surface area contributed by atoms with E-state index in [1.54, 1.807) is 12.1 Å². The Hall–Kier alpha value is -1.73. The summed E-state index contributed by atoms with van der Waals surface area (Å²) < 4.78 is 4.98. The van der Waals surface area contributed by atoms with Gasteiger partial charge in [0.1, 0.15) is 6.04 Å². The molecule has 4 heteroatoms. The monoisotopic (exact) mass is 234 g/mol. The molecule has 0 aliphatic rings. The molecule has 1 rings (SSSR count). The molecule has 0 radical (unpaired) electrons. The van der Waals surface area contributed by atoms with Gasteiger partial charge in [0.2, 0.25) is 0 Å². The minimum absolute atomic E-state index is 0.0670. The molecule has 92 valence electrons. The van der Waals surface area contributed by atoms with Gasteiger partial charge in [-0.1, -0.05) is 19.9 Å². The lowest BCUT2D eigenvalue weighted by Gasteiger charge is -2.24. The highest BCUT2D eigenvalue weighted by Crippen LogP contribution is 2.30. The van der Waals surface area contributed by atoms with E-state index in [-0.39, 0.29) is 11.8 Å². The van der Waals surface area contributed by atoms with E-state index in [4.69, 9.17) is 4.74 Å². The molecule has 0 amide bonds. The number of nitrogens with zero attached hydrogens (tertiary/aromatic N) is 2. The van der Waals surface area contributed by atoms with Crippen LogP contribution in [0.25, 0.3) is 0 Å². The standard InChI is InChI=1S/C13H18N2O2/c1-4-15(5-2)11(9-14)10-6-7-13(17-3)12(16)8-10/h6-8,11,16H,4-5H2,1-3H3. The lowest BCUT2D eigenvalue weighted by Crippen LogP contribution is -2.27. The number of phenolic OH excluding ortho intramolecular Hbond substituents is 1. The van der Waals surface area contributed by atoms with Crippen LogP contribution in [0.15, 0.2) is 18.2 Å². The van der Waals surface area contributed by atoms with Crippen LogP contribution in [-0.4, -0.2) is 30.2 Å². The fourth-order valence-electron chi connectivity index (χ4n) is 1.83. The van der Waals surface area contributed by atoms with Gasteiger partial charge in [-0.2, -0.15) is 5.26 Å². The van der Waals surface area contributed by atoms with Crippen LogP contribution in [0.5, 0.6) is 11.5 Å². The lowest BCUT2D eigenvalue weighted by atomic mass is 10.1. The molecule has 0 saturated heterocycles. The molecule has 0 heterocycles. The number of benzene rings is 1. The Morgan fingerprint density at radius 2 is 2.06 bits per heavy atom. The molecule has 0 aliphatic heterocycles. The van der Waals surface area contributed by atoms with Crippen molar-refractivity contribution in [3.63, 3.8) is 0 Å². The second-order valence-electron chi connectivity index (χ2n) is 3.68. The fourth-order valence-corrected chi connectivity index (χ4v) is 1.83. The van der Waals surface area contributed by atoms with E-state index in [0.717, 1.165) is 18.7 Å². The van der Waals surface area contributed by atoms with Gasteiger partial charge in [0.05, 0.1) is 13.2 Å². The van der Waals surface area contributed by atoms with E-state index in [2.05, 4.69) is 6.07 Å². The predicted molar refractivity (Wildman–Crippen MR) is 65.9 cm³/mol. The summed E-state index contributed by atoms with van der Waals surface area (Å²) in [6, 6.07) is 7.01. The van der Waals surface area contributed by atoms with Gasteiger partial charge in [0, 0.05) is 0 Å². The second-order valence-corrected chi connectivity index (χ2v) is 3.68. The zero-order chi connectivity index (χ0) is 12.8. The summed E-state index contributed by atoms with van der Waals surface area (Å²) in [4.78, 5) is 2.03. The third-order valence-corrected chi connectivity index (χ3v) is 2.82. The van der Waals surface area contributed by atoms with Gasteiger partial charge in [-0.15, -0.1) is 0 Å². The Bertz CT molecular complexity index is 408. The van der Waals surface area contributed by atoms with E-state index in [9.17, 15) is 10.4 Å². The van der Waals surface area contributed by atoms with Crippen molar-refractivity contribution in [3.8, 4) is 17.6 Å². The first-order chi connectivity index (χ1) is 8.17. The molecule has 4 nitrogen and oxygen atoms in total. The average Bonchev–Trinajstić information content (AvgIpc) is 2.35. The molecule has 1 unspecified atom stereocenters. The number of rotatable bonds is 5. The zero-order valence-electron chi connectivity index (χ0n) is 10.5. The zero-order valence-corrected chi connectivity index (χ0v) is 10.5. The Balaban J connectivity index is 3.05. The maximum atomic E-state index is 9.71. The molecule has 1 atom stereocenters. The van der Waals surface area contributed by atoms with Crippen molar-refractivity contribution in [1.29, 1.82) is 5.26 Å². The molecular weight excluding hydrogens is 216 g/mol. The number of ether oxygens (including phenoxy) is 1. The van der Waals surface area contributed by atoms with Crippen molar-refractivity contribution in [2.75, 3.05) is 20.2 Å². The molecule has 0 saturated carbocycles. The molecule has 0 aliphatic carbocycles. The van der Waals surface area contributed by atoms with E-state index in [1.807, 2.05) is 24.8 Å². The van der Waals surface area contributed by atoms with E-state index < -0.39 is 0 Å². The first kappa shape index (κ1) is 13.3. The predicted octanol–water partition coefficient (Wildman–Crippen LogP) is 2.31. The summed E-state index contributed by atoms with van der Waals surface area (Å²) in [5.41, 5.74) is 0.787. The fraction of sp³-hybridized carbons (Fsp3) is 0.462. The highest BCUT2D eigenvalue weighted by molar-refractivity contribution is 5.43. The van der Waals surface area contributed by atoms with Gasteiger partial charge in [-0.05, 0) is 30.8 Å². The Labute approximate surface area is 102 Å². The summed E-state index contributed by atoms with van der Waals surface area (Å²) >= 11 is 0. The first-order valence-electron chi connectivity index (χ1n) is 5.68. The third-order valence-electron chi connectivity index (χ3n) is 2.82. The Morgan fingerprint density at radius 1 is 1.41 bits per heavy atom. The second kappa shape index (κ2) is 6.12. The van der Waals surface area contributed by atoms with Crippen LogP contribution in [0.3, 0.4) is 0 Å². The number of phenols is 1. The Morgan fingerprint density at radius 3 is 2.47 bits per heavy atom. The maximum Gasteiger partial charge on any atom is 0.160 e. The van der Waals surface area contributed by atoms with Crippen molar-refractivity contribution in [3.05, 3.63) is 23.8 Å². The average molecular weight is 234 g/mol. The lowest BCUT2D eigenvalue weighted by molar-refractivity contribution is 0.261. The molecule has 0 spiro atoms. The van der Waals surface area contributed by atoms with Crippen LogP contribution in [0.1, 0.15) is 25.5 Å². The van der Waals surface area contributed by atoms with Crippen LogP contribution >= 0.6 is 0 Å². The normalized spacial score (nSPS) is 12.2. The number of methoxy groups -OCH3 is 1. The highest BCUT2D eigenvalue weighted by Gasteiger charge is 2.18. The van der Waals surface area contributed by atoms with Crippen LogP contribution in [0.4, 0.5) is 0 Å². The quantitative estimate of drug-likeness (QED) is 0.849.